The summed E-state index contributed by atoms with van der Waals surface area (Å²) in [6, 6.07) is 9.38. The Hall–Kier alpha value is -4.34. The van der Waals surface area contributed by atoms with E-state index in [0.29, 0.717) is 23.8 Å². The van der Waals surface area contributed by atoms with Gasteiger partial charge in [-0.2, -0.15) is 5.10 Å². The van der Waals surface area contributed by atoms with Gasteiger partial charge < -0.3 is 20.9 Å². The standard InChI is InChI=1S/C21H21N9O/c1-23-29-18(9-22)16-4-3-14(10-24-16)11-25-20-8-17(27-13-28-20)19-12-26-21-7-15(31-2)5-6-30(19)21/h3-10,12-13,22-23H,11H2,1-2H3,(H,25,27,28)/b22-9?,29-18+. The number of nitrogens with one attached hydrogen (secondary N) is 3. The van der Waals surface area contributed by atoms with Gasteiger partial charge in [-0.1, -0.05) is 6.07 Å². The second-order valence-corrected chi connectivity index (χ2v) is 6.50. The number of imidazole rings is 1. The number of methoxy groups -OCH3 is 1. The van der Waals surface area contributed by atoms with Crippen LogP contribution in [0.3, 0.4) is 0 Å². The van der Waals surface area contributed by atoms with Crippen LogP contribution in [0.2, 0.25) is 0 Å². The summed E-state index contributed by atoms with van der Waals surface area (Å²) in [6.07, 6.45) is 8.11. The van der Waals surface area contributed by atoms with Crippen molar-refractivity contribution in [3.05, 3.63) is 66.5 Å². The van der Waals surface area contributed by atoms with E-state index in [1.807, 2.05) is 40.9 Å². The maximum Gasteiger partial charge on any atom is 0.140 e. The highest BCUT2D eigenvalue weighted by Crippen LogP contribution is 2.23. The first kappa shape index (κ1) is 20.0. The zero-order valence-corrected chi connectivity index (χ0v) is 17.1. The Morgan fingerprint density at radius 3 is 2.81 bits per heavy atom. The van der Waals surface area contributed by atoms with Gasteiger partial charge in [0.25, 0.3) is 0 Å². The summed E-state index contributed by atoms with van der Waals surface area (Å²) < 4.78 is 7.20. The lowest BCUT2D eigenvalue weighted by Crippen LogP contribution is -2.10. The lowest BCUT2D eigenvalue weighted by atomic mass is 10.2. The highest BCUT2D eigenvalue weighted by atomic mass is 16.5. The molecule has 0 fully saturated rings. The second-order valence-electron chi connectivity index (χ2n) is 6.50. The Morgan fingerprint density at radius 1 is 1.16 bits per heavy atom. The molecule has 0 aromatic carbocycles. The van der Waals surface area contributed by atoms with E-state index in [0.717, 1.165) is 34.6 Å². The molecule has 0 radical (unpaired) electrons. The number of hydrogen-bond donors (Lipinski definition) is 3. The number of hydrazone groups is 1. The van der Waals surface area contributed by atoms with Crippen molar-refractivity contribution in [2.75, 3.05) is 19.5 Å². The number of ether oxygens (including phenoxy) is 1. The van der Waals surface area contributed by atoms with Crippen LogP contribution in [0.5, 0.6) is 5.75 Å². The van der Waals surface area contributed by atoms with Crippen molar-refractivity contribution in [2.24, 2.45) is 5.10 Å². The van der Waals surface area contributed by atoms with E-state index < -0.39 is 0 Å². The van der Waals surface area contributed by atoms with Crippen molar-refractivity contribution in [1.29, 1.82) is 5.41 Å². The molecule has 10 heteroatoms. The maximum atomic E-state index is 7.42. The third kappa shape index (κ3) is 4.32. The summed E-state index contributed by atoms with van der Waals surface area (Å²) in [5, 5.41) is 14.7. The molecule has 0 saturated heterocycles. The normalized spacial score (nSPS) is 11.4. The first-order valence-electron chi connectivity index (χ1n) is 9.49. The first-order valence-corrected chi connectivity index (χ1v) is 9.49. The fraction of sp³-hybridized carbons (Fsp3) is 0.143. The molecule has 0 aliphatic heterocycles. The minimum atomic E-state index is 0.466. The van der Waals surface area contributed by atoms with E-state index in [1.165, 1.54) is 6.33 Å². The Bertz CT molecular complexity index is 1230. The predicted octanol–water partition coefficient (Wildman–Crippen LogP) is 2.38. The molecule has 0 saturated carbocycles. The van der Waals surface area contributed by atoms with Crippen molar-refractivity contribution in [2.45, 2.75) is 6.54 Å². The van der Waals surface area contributed by atoms with E-state index in [2.05, 4.69) is 35.8 Å². The van der Waals surface area contributed by atoms with Gasteiger partial charge in [0.15, 0.2) is 0 Å². The van der Waals surface area contributed by atoms with Gasteiger partial charge in [-0.3, -0.25) is 9.38 Å². The smallest absolute Gasteiger partial charge is 0.140 e. The van der Waals surface area contributed by atoms with Crippen molar-refractivity contribution in [3.63, 3.8) is 0 Å². The van der Waals surface area contributed by atoms with Crippen LogP contribution in [-0.4, -0.2) is 50.4 Å². The summed E-state index contributed by atoms with van der Waals surface area (Å²) >= 11 is 0. The summed E-state index contributed by atoms with van der Waals surface area (Å²) in [7, 11) is 3.31. The number of aromatic nitrogens is 5. The molecule has 10 nitrogen and oxygen atoms in total. The molecule has 0 aliphatic rings. The third-order valence-corrected chi connectivity index (χ3v) is 4.58. The van der Waals surface area contributed by atoms with E-state index in [4.69, 9.17) is 10.1 Å². The molecule has 31 heavy (non-hydrogen) atoms. The summed E-state index contributed by atoms with van der Waals surface area (Å²) in [5.41, 5.74) is 7.12. The monoisotopic (exact) mass is 415 g/mol. The number of pyridine rings is 2. The van der Waals surface area contributed by atoms with Crippen molar-refractivity contribution in [1.82, 2.24) is 29.8 Å². The van der Waals surface area contributed by atoms with Crippen molar-refractivity contribution < 1.29 is 4.74 Å². The number of nitrogens with zero attached hydrogens (tertiary/aromatic N) is 6. The molecule has 0 aliphatic carbocycles. The minimum Gasteiger partial charge on any atom is -0.497 e. The number of hydrogen-bond acceptors (Lipinski definition) is 9. The molecule has 0 atom stereocenters. The number of anilines is 1. The average Bonchev–Trinajstić information content (AvgIpc) is 3.25. The van der Waals surface area contributed by atoms with Crippen LogP contribution in [-0.2, 0) is 6.54 Å². The molecule has 0 amide bonds. The fourth-order valence-electron chi connectivity index (χ4n) is 3.03. The molecule has 0 unspecified atom stereocenters. The molecule has 156 valence electrons. The van der Waals surface area contributed by atoms with Crippen molar-refractivity contribution in [3.8, 4) is 17.1 Å². The molecule has 4 heterocycles. The van der Waals surface area contributed by atoms with Crippen LogP contribution in [0.4, 0.5) is 5.82 Å². The molecule has 0 spiro atoms. The van der Waals surface area contributed by atoms with Crippen LogP contribution >= 0.6 is 0 Å². The summed E-state index contributed by atoms with van der Waals surface area (Å²) in [5.74, 6) is 1.44. The van der Waals surface area contributed by atoms with Gasteiger partial charge in [0.05, 0.1) is 30.4 Å². The largest absolute Gasteiger partial charge is 0.497 e. The quantitative estimate of drug-likeness (QED) is 0.298. The number of fused-ring (bicyclic) bond motifs is 1. The zero-order valence-electron chi connectivity index (χ0n) is 17.1. The highest BCUT2D eigenvalue weighted by Gasteiger charge is 2.10. The zero-order chi connectivity index (χ0) is 21.6. The molecular formula is C21H21N9O. The molecule has 3 N–H and O–H groups in total. The highest BCUT2D eigenvalue weighted by molar-refractivity contribution is 6.36. The summed E-state index contributed by atoms with van der Waals surface area (Å²) in [6.45, 7) is 0.539. The van der Waals surface area contributed by atoms with Gasteiger partial charge >= 0.3 is 0 Å². The average molecular weight is 415 g/mol. The maximum absolute atomic E-state index is 7.42. The van der Waals surface area contributed by atoms with Gasteiger partial charge in [-0.25, -0.2) is 15.0 Å². The molecule has 0 bridgehead atoms. The summed E-state index contributed by atoms with van der Waals surface area (Å²) in [4.78, 5) is 17.5. The Kier molecular flexibility index (Phi) is 5.79. The topological polar surface area (TPSA) is 125 Å². The van der Waals surface area contributed by atoms with Gasteiger partial charge in [0, 0.05) is 44.3 Å². The van der Waals surface area contributed by atoms with Crippen LogP contribution in [0.1, 0.15) is 11.3 Å². The van der Waals surface area contributed by atoms with Gasteiger partial charge in [-0.05, 0) is 17.7 Å². The first-order chi connectivity index (χ1) is 15.2. The van der Waals surface area contributed by atoms with Gasteiger partial charge in [0.2, 0.25) is 0 Å². The SMILES string of the molecule is CN/N=C(\C=N)c1ccc(CNc2cc(-c3cnc4cc(OC)ccn34)ncn2)cn1. The predicted molar refractivity (Wildman–Crippen MR) is 119 cm³/mol. The van der Waals surface area contributed by atoms with Crippen molar-refractivity contribution >= 4 is 23.4 Å². The van der Waals surface area contributed by atoms with E-state index in [1.54, 1.807) is 26.6 Å². The second kappa shape index (κ2) is 8.99. The third-order valence-electron chi connectivity index (χ3n) is 4.58. The lowest BCUT2D eigenvalue weighted by Gasteiger charge is -2.08. The molecule has 4 rings (SSSR count). The fourth-order valence-corrected chi connectivity index (χ4v) is 3.03. The molecule has 4 aromatic heterocycles. The van der Waals surface area contributed by atoms with Crippen LogP contribution < -0.4 is 15.5 Å². The Labute approximate surface area is 178 Å². The van der Waals surface area contributed by atoms with Crippen LogP contribution in [0, 0.1) is 5.41 Å². The van der Waals surface area contributed by atoms with E-state index in [9.17, 15) is 0 Å². The Morgan fingerprint density at radius 2 is 2.06 bits per heavy atom. The molecule has 4 aromatic rings. The van der Waals surface area contributed by atoms with E-state index >= 15 is 0 Å². The lowest BCUT2D eigenvalue weighted by molar-refractivity contribution is 0.414. The van der Waals surface area contributed by atoms with Crippen LogP contribution in [0.25, 0.3) is 17.0 Å². The Balaban J connectivity index is 1.49. The van der Waals surface area contributed by atoms with E-state index in [-0.39, 0.29) is 0 Å². The van der Waals surface area contributed by atoms with Gasteiger partial charge in [-0.15, -0.1) is 0 Å². The van der Waals surface area contributed by atoms with Crippen LogP contribution in [0.15, 0.2) is 60.4 Å². The molecular weight excluding hydrogens is 394 g/mol. The van der Waals surface area contributed by atoms with Gasteiger partial charge in [0.1, 0.15) is 29.3 Å². The number of rotatable bonds is 8. The minimum absolute atomic E-state index is 0.466.